The lowest BCUT2D eigenvalue weighted by atomic mass is 9.76. The van der Waals surface area contributed by atoms with E-state index in [4.69, 9.17) is 0 Å². The predicted molar refractivity (Wildman–Crippen MR) is 120 cm³/mol. The van der Waals surface area contributed by atoms with Crippen molar-refractivity contribution in [3.8, 4) is 0 Å². The molecule has 0 aliphatic heterocycles. The van der Waals surface area contributed by atoms with Crippen LogP contribution in [-0.4, -0.2) is 22.4 Å². The Morgan fingerprint density at radius 2 is 1.50 bits per heavy atom. The maximum absolute atomic E-state index is 10.5. The second-order valence-corrected chi connectivity index (χ2v) is 10.6. The van der Waals surface area contributed by atoms with E-state index in [1.165, 1.54) is 83.5 Å². The quantitative estimate of drug-likeness (QED) is 0.370. The minimum Gasteiger partial charge on any atom is -0.390 e. The Morgan fingerprint density at radius 1 is 0.821 bits per heavy atom. The summed E-state index contributed by atoms with van der Waals surface area (Å²) in [6.07, 6.45) is 19.3. The standard InChI is InChI=1S/C26H50O2/c1-4-20(2)23(18-17-22-12-6-5-7-13-22)15-10-16-25(27)26(28)19-24-14-9-8-11-21(24)3/h20-28H,4-19H2,1-3H3. The average molecular weight is 395 g/mol. The van der Waals surface area contributed by atoms with Crippen LogP contribution in [-0.2, 0) is 0 Å². The molecule has 0 spiro atoms. The van der Waals surface area contributed by atoms with Gasteiger partial charge in [-0.15, -0.1) is 0 Å². The summed E-state index contributed by atoms with van der Waals surface area (Å²) in [6.45, 7) is 7.06. The summed E-state index contributed by atoms with van der Waals surface area (Å²) in [6, 6.07) is 0. The van der Waals surface area contributed by atoms with Gasteiger partial charge in [0.05, 0.1) is 12.2 Å². The Bertz CT molecular complexity index is 390. The normalized spacial score (nSPS) is 28.6. The molecule has 2 N–H and O–H groups in total. The fourth-order valence-electron chi connectivity index (χ4n) is 5.96. The second-order valence-electron chi connectivity index (χ2n) is 10.6. The first-order chi connectivity index (χ1) is 13.5. The summed E-state index contributed by atoms with van der Waals surface area (Å²) in [5.74, 6) is 3.89. The molecule has 2 fully saturated rings. The molecular formula is C26H50O2. The van der Waals surface area contributed by atoms with Crippen LogP contribution in [0.15, 0.2) is 0 Å². The van der Waals surface area contributed by atoms with Crippen LogP contribution >= 0.6 is 0 Å². The van der Waals surface area contributed by atoms with Crippen molar-refractivity contribution in [2.75, 3.05) is 0 Å². The van der Waals surface area contributed by atoms with E-state index >= 15 is 0 Å². The highest BCUT2D eigenvalue weighted by atomic mass is 16.3. The minimum absolute atomic E-state index is 0.519. The Morgan fingerprint density at radius 3 is 2.18 bits per heavy atom. The zero-order valence-corrected chi connectivity index (χ0v) is 19.2. The molecule has 0 aromatic heterocycles. The molecule has 0 heterocycles. The topological polar surface area (TPSA) is 40.5 Å². The van der Waals surface area contributed by atoms with Gasteiger partial charge in [0.25, 0.3) is 0 Å². The summed E-state index contributed by atoms with van der Waals surface area (Å²) in [7, 11) is 0. The molecule has 2 heteroatoms. The first-order valence-corrected chi connectivity index (χ1v) is 12.9. The number of aliphatic hydroxyl groups is 2. The van der Waals surface area contributed by atoms with E-state index < -0.39 is 12.2 Å². The number of aliphatic hydroxyl groups excluding tert-OH is 2. The lowest BCUT2D eigenvalue weighted by Crippen LogP contribution is -2.31. The summed E-state index contributed by atoms with van der Waals surface area (Å²) in [5.41, 5.74) is 0. The van der Waals surface area contributed by atoms with Crippen molar-refractivity contribution >= 4 is 0 Å². The molecule has 6 unspecified atom stereocenters. The fourth-order valence-corrected chi connectivity index (χ4v) is 5.96. The number of hydrogen-bond donors (Lipinski definition) is 2. The van der Waals surface area contributed by atoms with Gasteiger partial charge in [-0.1, -0.05) is 104 Å². The van der Waals surface area contributed by atoms with Crippen LogP contribution in [0, 0.1) is 29.6 Å². The van der Waals surface area contributed by atoms with Crippen LogP contribution in [0.25, 0.3) is 0 Å². The Balaban J connectivity index is 1.68. The van der Waals surface area contributed by atoms with Gasteiger partial charge in [0.15, 0.2) is 0 Å². The van der Waals surface area contributed by atoms with Gasteiger partial charge in [0, 0.05) is 0 Å². The van der Waals surface area contributed by atoms with Crippen molar-refractivity contribution in [1.29, 1.82) is 0 Å². The third-order valence-corrected chi connectivity index (χ3v) is 8.47. The molecule has 2 nitrogen and oxygen atoms in total. The molecule has 0 amide bonds. The SMILES string of the molecule is CCC(C)C(CCCC(O)C(O)CC1CCCCC1C)CCC1CCCCC1. The Hall–Kier alpha value is -0.0800. The molecule has 2 rings (SSSR count). The maximum Gasteiger partial charge on any atom is 0.0801 e. The van der Waals surface area contributed by atoms with Gasteiger partial charge >= 0.3 is 0 Å². The smallest absolute Gasteiger partial charge is 0.0801 e. The van der Waals surface area contributed by atoms with Crippen molar-refractivity contribution in [3.63, 3.8) is 0 Å². The molecule has 0 saturated heterocycles. The highest BCUT2D eigenvalue weighted by Crippen LogP contribution is 2.35. The second kappa shape index (κ2) is 13.3. The van der Waals surface area contributed by atoms with Crippen molar-refractivity contribution < 1.29 is 10.2 Å². The van der Waals surface area contributed by atoms with Gasteiger partial charge in [-0.05, 0) is 48.9 Å². The van der Waals surface area contributed by atoms with Gasteiger partial charge in [0.2, 0.25) is 0 Å². The first-order valence-electron chi connectivity index (χ1n) is 12.9. The van der Waals surface area contributed by atoms with E-state index in [-0.39, 0.29) is 0 Å². The molecule has 0 bridgehead atoms. The lowest BCUT2D eigenvalue weighted by molar-refractivity contribution is -0.00992. The molecule has 166 valence electrons. The number of rotatable bonds is 12. The molecule has 2 saturated carbocycles. The van der Waals surface area contributed by atoms with E-state index in [0.717, 1.165) is 37.0 Å². The molecular weight excluding hydrogens is 344 g/mol. The first kappa shape index (κ1) is 24.2. The molecule has 6 atom stereocenters. The maximum atomic E-state index is 10.5. The third kappa shape index (κ3) is 8.34. The average Bonchev–Trinajstić information content (AvgIpc) is 2.72. The molecule has 0 aromatic carbocycles. The van der Waals surface area contributed by atoms with Crippen LogP contribution in [0.1, 0.15) is 124 Å². The lowest BCUT2D eigenvalue weighted by Gasteiger charge is -2.32. The summed E-state index contributed by atoms with van der Waals surface area (Å²) < 4.78 is 0. The van der Waals surface area contributed by atoms with Crippen LogP contribution in [0.5, 0.6) is 0 Å². The van der Waals surface area contributed by atoms with Crippen LogP contribution in [0.2, 0.25) is 0 Å². The summed E-state index contributed by atoms with van der Waals surface area (Å²) >= 11 is 0. The molecule has 0 aromatic rings. The molecule has 2 aliphatic carbocycles. The molecule has 0 radical (unpaired) electrons. The van der Waals surface area contributed by atoms with Crippen LogP contribution < -0.4 is 0 Å². The minimum atomic E-state index is -0.523. The zero-order chi connectivity index (χ0) is 20.4. The fraction of sp³-hybridized carbons (Fsp3) is 1.00. The zero-order valence-electron chi connectivity index (χ0n) is 19.2. The van der Waals surface area contributed by atoms with Crippen molar-refractivity contribution in [3.05, 3.63) is 0 Å². The Labute approximate surface area is 175 Å². The van der Waals surface area contributed by atoms with E-state index in [9.17, 15) is 10.2 Å². The highest BCUT2D eigenvalue weighted by molar-refractivity contribution is 4.79. The van der Waals surface area contributed by atoms with Gasteiger partial charge in [-0.25, -0.2) is 0 Å². The highest BCUT2D eigenvalue weighted by Gasteiger charge is 2.27. The monoisotopic (exact) mass is 394 g/mol. The molecule has 2 aliphatic rings. The van der Waals surface area contributed by atoms with Crippen molar-refractivity contribution in [2.45, 2.75) is 136 Å². The summed E-state index contributed by atoms with van der Waals surface area (Å²) in [5, 5.41) is 21.1. The predicted octanol–water partition coefficient (Wildman–Crippen LogP) is 7.12. The Kier molecular flexibility index (Phi) is 11.5. The van der Waals surface area contributed by atoms with E-state index in [2.05, 4.69) is 20.8 Å². The van der Waals surface area contributed by atoms with E-state index in [0.29, 0.717) is 11.8 Å². The van der Waals surface area contributed by atoms with Crippen LogP contribution in [0.3, 0.4) is 0 Å². The van der Waals surface area contributed by atoms with Gasteiger partial charge in [-0.2, -0.15) is 0 Å². The van der Waals surface area contributed by atoms with Gasteiger partial charge < -0.3 is 10.2 Å². The summed E-state index contributed by atoms with van der Waals surface area (Å²) in [4.78, 5) is 0. The van der Waals surface area contributed by atoms with E-state index in [1.807, 2.05) is 0 Å². The largest absolute Gasteiger partial charge is 0.390 e. The van der Waals surface area contributed by atoms with Crippen LogP contribution in [0.4, 0.5) is 0 Å². The molecule has 28 heavy (non-hydrogen) atoms. The number of hydrogen-bond acceptors (Lipinski definition) is 2. The van der Waals surface area contributed by atoms with E-state index in [1.54, 1.807) is 0 Å². The van der Waals surface area contributed by atoms with Crippen molar-refractivity contribution in [1.82, 2.24) is 0 Å². The third-order valence-electron chi connectivity index (χ3n) is 8.47. The van der Waals surface area contributed by atoms with Crippen molar-refractivity contribution in [2.24, 2.45) is 29.6 Å². The van der Waals surface area contributed by atoms with Gasteiger partial charge in [-0.3, -0.25) is 0 Å². The van der Waals surface area contributed by atoms with Gasteiger partial charge in [0.1, 0.15) is 0 Å².